The molecule has 0 amide bonds. The molecule has 0 aliphatic rings. The molecule has 0 aliphatic heterocycles. The molecule has 0 fully saturated rings. The lowest BCUT2D eigenvalue weighted by Gasteiger charge is -1.91. The Hall–Kier alpha value is -0.710. The number of rotatable bonds is 2. The Morgan fingerprint density at radius 1 is 1.36 bits per heavy atom. The fraction of sp³-hybridized carbons (Fsp3) is 0.300. The molecule has 14 heavy (non-hydrogen) atoms. The van der Waals surface area contributed by atoms with Crippen molar-refractivity contribution in [3.05, 3.63) is 26.9 Å². The van der Waals surface area contributed by atoms with Gasteiger partial charge in [-0.25, -0.2) is 4.98 Å². The first-order valence-corrected chi connectivity index (χ1v) is 6.13. The van der Waals surface area contributed by atoms with Gasteiger partial charge in [0, 0.05) is 21.9 Å². The van der Waals surface area contributed by atoms with Crippen LogP contribution in [0.1, 0.15) is 15.4 Å². The van der Waals surface area contributed by atoms with Crippen molar-refractivity contribution in [3.8, 4) is 10.6 Å². The molecule has 0 unspecified atom stereocenters. The molecule has 0 aromatic carbocycles. The third-order valence-corrected chi connectivity index (χ3v) is 4.07. The van der Waals surface area contributed by atoms with Crippen LogP contribution in [-0.4, -0.2) is 4.98 Å². The second-order valence-corrected chi connectivity index (χ2v) is 5.44. The van der Waals surface area contributed by atoms with Crippen molar-refractivity contribution in [2.45, 2.75) is 20.4 Å². The minimum absolute atomic E-state index is 0.533. The first kappa shape index (κ1) is 9.83. The summed E-state index contributed by atoms with van der Waals surface area (Å²) in [5.41, 5.74) is 7.88. The van der Waals surface area contributed by atoms with Crippen LogP contribution in [0, 0.1) is 13.8 Å². The molecule has 2 heterocycles. The average Bonchev–Trinajstić information content (AvgIpc) is 2.71. The molecular weight excluding hydrogens is 212 g/mol. The Kier molecular flexibility index (Phi) is 2.67. The third kappa shape index (κ3) is 1.61. The lowest BCUT2D eigenvalue weighted by Crippen LogP contribution is -1.97. The van der Waals surface area contributed by atoms with E-state index in [-0.39, 0.29) is 0 Å². The Morgan fingerprint density at radius 2 is 2.14 bits per heavy atom. The molecule has 2 nitrogen and oxygen atoms in total. The average molecular weight is 224 g/mol. The maximum atomic E-state index is 5.60. The first-order valence-electron chi connectivity index (χ1n) is 4.43. The number of nitrogens with two attached hydrogens (primary N) is 1. The Bertz CT molecular complexity index is 443. The Labute approximate surface area is 91.4 Å². The van der Waals surface area contributed by atoms with Gasteiger partial charge in [-0.3, -0.25) is 0 Å². The van der Waals surface area contributed by atoms with Crippen LogP contribution in [0.4, 0.5) is 0 Å². The molecule has 74 valence electrons. The van der Waals surface area contributed by atoms with Crippen molar-refractivity contribution in [1.82, 2.24) is 4.98 Å². The smallest absolute Gasteiger partial charge is 0.125 e. The van der Waals surface area contributed by atoms with Crippen LogP contribution < -0.4 is 5.73 Å². The van der Waals surface area contributed by atoms with E-state index in [0.29, 0.717) is 6.54 Å². The van der Waals surface area contributed by atoms with E-state index in [9.17, 15) is 0 Å². The van der Waals surface area contributed by atoms with Gasteiger partial charge in [0.2, 0.25) is 0 Å². The minimum Gasteiger partial charge on any atom is -0.325 e. The van der Waals surface area contributed by atoms with E-state index < -0.39 is 0 Å². The molecule has 0 atom stereocenters. The van der Waals surface area contributed by atoms with Crippen LogP contribution in [-0.2, 0) is 6.54 Å². The minimum atomic E-state index is 0.533. The lowest BCUT2D eigenvalue weighted by atomic mass is 10.3. The summed E-state index contributed by atoms with van der Waals surface area (Å²) < 4.78 is 0. The van der Waals surface area contributed by atoms with E-state index in [4.69, 9.17) is 5.73 Å². The largest absolute Gasteiger partial charge is 0.325 e. The van der Waals surface area contributed by atoms with E-state index in [1.54, 1.807) is 22.7 Å². The molecule has 0 spiro atoms. The van der Waals surface area contributed by atoms with Crippen LogP contribution in [0.15, 0.2) is 11.4 Å². The fourth-order valence-electron chi connectivity index (χ4n) is 1.34. The van der Waals surface area contributed by atoms with Gasteiger partial charge in [0.25, 0.3) is 0 Å². The predicted molar refractivity (Wildman–Crippen MR) is 62.8 cm³/mol. The molecule has 4 heteroatoms. The SMILES string of the molecule is Cc1sccc1-c1nc(CN)c(C)s1. The molecular formula is C10H12N2S2. The highest BCUT2D eigenvalue weighted by Crippen LogP contribution is 2.32. The van der Waals surface area contributed by atoms with Gasteiger partial charge >= 0.3 is 0 Å². The third-order valence-electron chi connectivity index (χ3n) is 2.18. The van der Waals surface area contributed by atoms with E-state index in [1.807, 2.05) is 0 Å². The molecule has 2 rings (SSSR count). The van der Waals surface area contributed by atoms with Crippen molar-refractivity contribution < 1.29 is 0 Å². The molecule has 2 N–H and O–H groups in total. The number of nitrogens with zero attached hydrogens (tertiary/aromatic N) is 1. The zero-order chi connectivity index (χ0) is 10.1. The maximum Gasteiger partial charge on any atom is 0.125 e. The first-order chi connectivity index (χ1) is 6.72. The van der Waals surface area contributed by atoms with Crippen LogP contribution in [0.5, 0.6) is 0 Å². The van der Waals surface area contributed by atoms with Crippen molar-refractivity contribution in [3.63, 3.8) is 0 Å². The fourth-order valence-corrected chi connectivity index (χ4v) is 3.13. The van der Waals surface area contributed by atoms with Crippen molar-refractivity contribution in [1.29, 1.82) is 0 Å². The van der Waals surface area contributed by atoms with Gasteiger partial charge in [-0.15, -0.1) is 22.7 Å². The second-order valence-electron chi connectivity index (χ2n) is 3.12. The van der Waals surface area contributed by atoms with E-state index in [2.05, 4.69) is 30.3 Å². The van der Waals surface area contributed by atoms with Crippen LogP contribution in [0.2, 0.25) is 0 Å². The normalized spacial score (nSPS) is 10.8. The maximum absolute atomic E-state index is 5.60. The zero-order valence-corrected chi connectivity index (χ0v) is 9.84. The van der Waals surface area contributed by atoms with Crippen molar-refractivity contribution >= 4 is 22.7 Å². The summed E-state index contributed by atoms with van der Waals surface area (Å²) in [6.45, 7) is 4.73. The van der Waals surface area contributed by atoms with Gasteiger partial charge in [-0.05, 0) is 25.3 Å². The molecule has 2 aromatic rings. The number of aromatic nitrogens is 1. The molecule has 0 bridgehead atoms. The molecule has 0 radical (unpaired) electrons. The highest BCUT2D eigenvalue weighted by Gasteiger charge is 2.10. The van der Waals surface area contributed by atoms with Crippen LogP contribution in [0.3, 0.4) is 0 Å². The summed E-state index contributed by atoms with van der Waals surface area (Å²) in [5, 5.41) is 3.20. The number of thiophene rings is 1. The lowest BCUT2D eigenvalue weighted by molar-refractivity contribution is 0.998. The highest BCUT2D eigenvalue weighted by molar-refractivity contribution is 7.16. The monoisotopic (exact) mass is 224 g/mol. The van der Waals surface area contributed by atoms with Gasteiger partial charge in [-0.2, -0.15) is 0 Å². The molecule has 0 saturated heterocycles. The Morgan fingerprint density at radius 3 is 2.64 bits per heavy atom. The molecule has 0 aliphatic carbocycles. The van der Waals surface area contributed by atoms with Crippen LogP contribution >= 0.6 is 22.7 Å². The standard InChI is InChI=1S/C10H12N2S2/c1-6-8(3-4-13-6)10-12-9(5-11)7(2)14-10/h3-4H,5,11H2,1-2H3. The number of hydrogen-bond donors (Lipinski definition) is 1. The summed E-state index contributed by atoms with van der Waals surface area (Å²) in [6.07, 6.45) is 0. The molecule has 2 aromatic heterocycles. The quantitative estimate of drug-likeness (QED) is 0.851. The number of aryl methyl sites for hydroxylation is 2. The summed E-state index contributed by atoms with van der Waals surface area (Å²) in [7, 11) is 0. The van der Waals surface area contributed by atoms with Crippen molar-refractivity contribution in [2.75, 3.05) is 0 Å². The van der Waals surface area contributed by atoms with Crippen LogP contribution in [0.25, 0.3) is 10.6 Å². The van der Waals surface area contributed by atoms with Crippen molar-refractivity contribution in [2.24, 2.45) is 5.73 Å². The van der Waals surface area contributed by atoms with Gasteiger partial charge in [0.1, 0.15) is 5.01 Å². The van der Waals surface area contributed by atoms with Gasteiger partial charge in [0.05, 0.1) is 5.69 Å². The van der Waals surface area contributed by atoms with Gasteiger partial charge in [0.15, 0.2) is 0 Å². The topological polar surface area (TPSA) is 38.9 Å². The van der Waals surface area contributed by atoms with E-state index >= 15 is 0 Å². The summed E-state index contributed by atoms with van der Waals surface area (Å²) in [6, 6.07) is 2.12. The summed E-state index contributed by atoms with van der Waals surface area (Å²) in [4.78, 5) is 7.08. The van der Waals surface area contributed by atoms with E-state index in [1.165, 1.54) is 15.3 Å². The highest BCUT2D eigenvalue weighted by atomic mass is 32.1. The summed E-state index contributed by atoms with van der Waals surface area (Å²) >= 11 is 3.48. The van der Waals surface area contributed by atoms with E-state index in [0.717, 1.165) is 10.7 Å². The number of hydrogen-bond acceptors (Lipinski definition) is 4. The van der Waals surface area contributed by atoms with Gasteiger partial charge in [-0.1, -0.05) is 0 Å². The zero-order valence-electron chi connectivity index (χ0n) is 8.20. The second kappa shape index (κ2) is 3.81. The Balaban J connectivity index is 2.47. The molecule has 0 saturated carbocycles. The summed E-state index contributed by atoms with van der Waals surface area (Å²) in [5.74, 6) is 0. The number of thiazole rings is 1. The van der Waals surface area contributed by atoms with Gasteiger partial charge < -0.3 is 5.73 Å². The predicted octanol–water partition coefficient (Wildman–Crippen LogP) is 2.95.